The molecule has 0 radical (unpaired) electrons. The molecule has 0 saturated heterocycles. The number of halogens is 2. The van der Waals surface area contributed by atoms with Gasteiger partial charge in [0.25, 0.3) is 0 Å². The van der Waals surface area contributed by atoms with Crippen molar-refractivity contribution >= 4 is 63.1 Å². The third kappa shape index (κ3) is 5.67. The largest absolute Gasteiger partial charge is 0.397 e. The van der Waals surface area contributed by atoms with Crippen LogP contribution in [0.5, 0.6) is 0 Å². The molecule has 19 heavy (non-hydrogen) atoms. The lowest BCUT2D eigenvalue weighted by molar-refractivity contribution is 0.593. The van der Waals surface area contributed by atoms with Crippen LogP contribution in [0.25, 0.3) is 0 Å². The highest BCUT2D eigenvalue weighted by Crippen LogP contribution is 2.33. The van der Waals surface area contributed by atoms with Crippen LogP contribution < -0.4 is 10.5 Å². The van der Waals surface area contributed by atoms with Gasteiger partial charge in [-0.05, 0) is 28.1 Å². The van der Waals surface area contributed by atoms with Gasteiger partial charge in [0.2, 0.25) is 10.0 Å². The third-order valence-electron chi connectivity index (χ3n) is 2.07. The van der Waals surface area contributed by atoms with Crippen molar-refractivity contribution in [3.8, 4) is 0 Å². The van der Waals surface area contributed by atoms with Gasteiger partial charge in [0.05, 0.1) is 22.9 Å². The van der Waals surface area contributed by atoms with Crippen LogP contribution in [0.15, 0.2) is 21.1 Å². The van der Waals surface area contributed by atoms with Crippen LogP contribution in [0.4, 0.5) is 11.4 Å². The summed E-state index contributed by atoms with van der Waals surface area (Å²) in [6.45, 7) is 0. The van der Waals surface area contributed by atoms with Crippen LogP contribution in [0.1, 0.15) is 0 Å². The second-order valence-corrected chi connectivity index (χ2v) is 9.77. The second-order valence-electron chi connectivity index (χ2n) is 3.90. The maximum absolute atomic E-state index is 11.8. The summed E-state index contributed by atoms with van der Waals surface area (Å²) in [6, 6.07) is 3.17. The molecule has 1 rings (SSSR count). The number of rotatable bonds is 5. The van der Waals surface area contributed by atoms with Gasteiger partial charge in [-0.2, -0.15) is 0 Å². The van der Waals surface area contributed by atoms with Gasteiger partial charge in [0.15, 0.2) is 0 Å². The van der Waals surface area contributed by atoms with E-state index in [1.54, 1.807) is 12.1 Å². The van der Waals surface area contributed by atoms with Crippen molar-refractivity contribution in [2.75, 3.05) is 28.2 Å². The van der Waals surface area contributed by atoms with Crippen molar-refractivity contribution in [2.24, 2.45) is 0 Å². The van der Waals surface area contributed by atoms with Gasteiger partial charge in [-0.25, -0.2) is 16.8 Å². The average Bonchev–Trinajstić information content (AvgIpc) is 2.20. The molecular formula is C9H12Br2N2O4S2. The van der Waals surface area contributed by atoms with Gasteiger partial charge < -0.3 is 5.73 Å². The summed E-state index contributed by atoms with van der Waals surface area (Å²) >= 11 is 6.40. The molecule has 0 atom stereocenters. The lowest BCUT2D eigenvalue weighted by Crippen LogP contribution is -2.23. The number of sulfonamides is 1. The van der Waals surface area contributed by atoms with E-state index in [0.29, 0.717) is 8.95 Å². The zero-order valence-electron chi connectivity index (χ0n) is 9.85. The lowest BCUT2D eigenvalue weighted by atomic mass is 10.3. The van der Waals surface area contributed by atoms with Gasteiger partial charge in [0, 0.05) is 15.2 Å². The minimum absolute atomic E-state index is 0.191. The van der Waals surface area contributed by atoms with Crippen molar-refractivity contribution < 1.29 is 16.8 Å². The highest BCUT2D eigenvalue weighted by atomic mass is 79.9. The molecule has 108 valence electrons. The predicted octanol–water partition coefficient (Wildman–Crippen LogP) is 1.58. The number of sulfone groups is 1. The van der Waals surface area contributed by atoms with Crippen molar-refractivity contribution in [3.63, 3.8) is 0 Å². The Morgan fingerprint density at radius 3 is 2.21 bits per heavy atom. The summed E-state index contributed by atoms with van der Waals surface area (Å²) in [6.07, 6.45) is 0.979. The highest BCUT2D eigenvalue weighted by molar-refractivity contribution is 9.11. The molecule has 0 saturated carbocycles. The first-order valence-corrected chi connectivity index (χ1v) is 10.2. The highest BCUT2D eigenvalue weighted by Gasteiger charge is 2.17. The summed E-state index contributed by atoms with van der Waals surface area (Å²) in [5.41, 5.74) is 6.12. The Labute approximate surface area is 129 Å². The molecular weight excluding hydrogens is 424 g/mol. The van der Waals surface area contributed by atoms with E-state index in [-0.39, 0.29) is 11.4 Å². The lowest BCUT2D eigenvalue weighted by Gasteiger charge is -2.12. The predicted molar refractivity (Wildman–Crippen MR) is 83.4 cm³/mol. The second kappa shape index (κ2) is 5.98. The maximum atomic E-state index is 11.8. The van der Waals surface area contributed by atoms with Crippen LogP contribution in [-0.4, -0.2) is 34.6 Å². The van der Waals surface area contributed by atoms with Gasteiger partial charge >= 0.3 is 0 Å². The number of hydrogen-bond acceptors (Lipinski definition) is 5. The number of anilines is 2. The zero-order valence-corrected chi connectivity index (χ0v) is 14.7. The monoisotopic (exact) mass is 434 g/mol. The molecule has 0 fully saturated rings. The molecule has 0 aromatic heterocycles. The zero-order chi connectivity index (χ0) is 14.8. The molecule has 0 heterocycles. The quantitative estimate of drug-likeness (QED) is 0.682. The summed E-state index contributed by atoms with van der Waals surface area (Å²) in [7, 11) is -7.13. The van der Waals surface area contributed by atoms with Crippen LogP contribution in [0, 0.1) is 0 Å². The first kappa shape index (κ1) is 16.7. The normalized spacial score (nSPS) is 12.4. The molecule has 0 bridgehead atoms. The molecule has 0 aliphatic heterocycles. The van der Waals surface area contributed by atoms with Crippen LogP contribution in [0.2, 0.25) is 0 Å². The smallest absolute Gasteiger partial charge is 0.233 e. The van der Waals surface area contributed by atoms with Gasteiger partial charge in [-0.3, -0.25) is 4.72 Å². The fraction of sp³-hybridized carbons (Fsp3) is 0.333. The van der Waals surface area contributed by atoms with E-state index in [2.05, 4.69) is 36.6 Å². The number of benzene rings is 1. The fourth-order valence-corrected chi connectivity index (χ4v) is 5.39. The van der Waals surface area contributed by atoms with E-state index < -0.39 is 31.4 Å². The van der Waals surface area contributed by atoms with Crippen LogP contribution in [-0.2, 0) is 19.9 Å². The van der Waals surface area contributed by atoms with E-state index in [0.717, 1.165) is 6.26 Å². The van der Waals surface area contributed by atoms with E-state index >= 15 is 0 Å². The Bertz CT molecular complexity index is 663. The van der Waals surface area contributed by atoms with Gasteiger partial charge in [0.1, 0.15) is 9.84 Å². The molecule has 0 amide bonds. The molecule has 6 nitrogen and oxygen atoms in total. The Morgan fingerprint density at radius 2 is 1.74 bits per heavy atom. The number of hydrogen-bond donors (Lipinski definition) is 2. The number of nitrogens with two attached hydrogens (primary N) is 1. The summed E-state index contributed by atoms with van der Waals surface area (Å²) in [5.74, 6) is -0.968. The van der Waals surface area contributed by atoms with Crippen LogP contribution in [0.3, 0.4) is 0 Å². The standard InChI is InChI=1S/C9H12Br2N2O4S2/c1-18(14,15)2-3-19(16,17)13-9-7(11)4-6(10)5-8(9)12/h4-5,13H,2-3,12H2,1H3. The number of nitrogens with one attached hydrogen (secondary N) is 1. The SMILES string of the molecule is CS(=O)(=O)CCS(=O)(=O)Nc1c(N)cc(Br)cc1Br. The maximum Gasteiger partial charge on any atom is 0.233 e. The Morgan fingerprint density at radius 1 is 1.16 bits per heavy atom. The van der Waals surface area contributed by atoms with Gasteiger partial charge in [-0.1, -0.05) is 15.9 Å². The van der Waals surface area contributed by atoms with E-state index in [1.807, 2.05) is 0 Å². The van der Waals surface area contributed by atoms with E-state index in [9.17, 15) is 16.8 Å². The first-order valence-electron chi connectivity index (χ1n) is 4.93. The molecule has 1 aromatic carbocycles. The van der Waals surface area contributed by atoms with E-state index in [4.69, 9.17) is 5.73 Å². The third-order valence-corrected chi connectivity index (χ3v) is 5.61. The Balaban J connectivity index is 2.96. The van der Waals surface area contributed by atoms with Crippen molar-refractivity contribution in [1.82, 2.24) is 0 Å². The Kier molecular flexibility index (Phi) is 5.27. The molecule has 0 unspecified atom stereocenters. The average molecular weight is 436 g/mol. The molecule has 0 aliphatic carbocycles. The van der Waals surface area contributed by atoms with E-state index in [1.165, 1.54) is 0 Å². The Hall–Kier alpha value is -0.320. The van der Waals surface area contributed by atoms with Crippen molar-refractivity contribution in [2.45, 2.75) is 0 Å². The summed E-state index contributed by atoms with van der Waals surface area (Å²) in [5, 5.41) is 0. The molecule has 10 heteroatoms. The molecule has 0 aliphatic rings. The molecule has 3 N–H and O–H groups in total. The number of nitrogen functional groups attached to an aromatic ring is 1. The van der Waals surface area contributed by atoms with Crippen LogP contribution >= 0.6 is 31.9 Å². The minimum atomic E-state index is -3.78. The summed E-state index contributed by atoms with van der Waals surface area (Å²) in [4.78, 5) is 0. The summed E-state index contributed by atoms with van der Waals surface area (Å²) < 4.78 is 48.9. The van der Waals surface area contributed by atoms with Crippen molar-refractivity contribution in [1.29, 1.82) is 0 Å². The molecule has 0 spiro atoms. The minimum Gasteiger partial charge on any atom is -0.397 e. The topological polar surface area (TPSA) is 106 Å². The molecule has 1 aromatic rings. The van der Waals surface area contributed by atoms with Crippen molar-refractivity contribution in [3.05, 3.63) is 21.1 Å². The van der Waals surface area contributed by atoms with Gasteiger partial charge in [-0.15, -0.1) is 0 Å². The fourth-order valence-electron chi connectivity index (χ4n) is 1.17. The first-order chi connectivity index (χ1) is 8.50.